The Morgan fingerprint density at radius 2 is 1.94 bits per heavy atom. The van der Waals surface area contributed by atoms with Gasteiger partial charge in [-0.05, 0) is 23.9 Å². The Balaban J connectivity index is 2.02. The van der Waals surface area contributed by atoms with Crippen molar-refractivity contribution in [2.75, 3.05) is 7.05 Å². The van der Waals surface area contributed by atoms with E-state index in [2.05, 4.69) is 57.7 Å². The molecular weight excluding hydrogens is 222 g/mol. The molecule has 0 fully saturated rings. The van der Waals surface area contributed by atoms with E-state index in [0.717, 1.165) is 18.1 Å². The molecule has 3 heteroatoms. The molecule has 3 nitrogen and oxygen atoms in total. The molecule has 0 aliphatic heterocycles. The molecule has 0 bridgehead atoms. The van der Waals surface area contributed by atoms with Crippen LogP contribution < -0.4 is 5.32 Å². The minimum absolute atomic E-state index is 0.758. The molecule has 3 aromatic rings. The zero-order valence-electron chi connectivity index (χ0n) is 10.3. The summed E-state index contributed by atoms with van der Waals surface area (Å²) in [6.45, 7) is 0.758. The molecule has 0 saturated heterocycles. The summed E-state index contributed by atoms with van der Waals surface area (Å²) in [7, 11) is 1.91. The fourth-order valence-corrected chi connectivity index (χ4v) is 2.12. The van der Waals surface area contributed by atoms with Crippen LogP contribution in [0.25, 0.3) is 22.0 Å². The van der Waals surface area contributed by atoms with Gasteiger partial charge in [-0.15, -0.1) is 0 Å². The summed E-state index contributed by atoms with van der Waals surface area (Å²) in [5.41, 5.74) is 2.23. The van der Waals surface area contributed by atoms with Crippen molar-refractivity contribution in [3.8, 4) is 11.3 Å². The largest absolute Gasteiger partial charge is 0.341 e. The van der Waals surface area contributed by atoms with Crippen LogP contribution in [-0.2, 0) is 6.54 Å². The number of H-pyrrole nitrogens is 1. The van der Waals surface area contributed by atoms with Crippen molar-refractivity contribution < 1.29 is 0 Å². The summed E-state index contributed by atoms with van der Waals surface area (Å²) >= 11 is 0. The van der Waals surface area contributed by atoms with Crippen molar-refractivity contribution in [3.05, 3.63) is 54.5 Å². The zero-order valence-corrected chi connectivity index (χ0v) is 10.3. The first kappa shape index (κ1) is 11.0. The number of rotatable bonds is 3. The van der Waals surface area contributed by atoms with Crippen molar-refractivity contribution in [2.45, 2.75) is 6.54 Å². The Labute approximate surface area is 106 Å². The third-order valence-corrected chi connectivity index (χ3v) is 3.03. The maximum absolute atomic E-state index is 4.34. The number of nitrogens with zero attached hydrogens (tertiary/aromatic N) is 1. The molecule has 0 aliphatic rings. The van der Waals surface area contributed by atoms with Gasteiger partial charge in [0.2, 0.25) is 0 Å². The maximum Gasteiger partial charge on any atom is 0.120 e. The number of hydrogen-bond acceptors (Lipinski definition) is 2. The molecule has 18 heavy (non-hydrogen) atoms. The Bertz CT molecular complexity index is 670. The molecular formula is C15H15N3. The Hall–Kier alpha value is -2.13. The number of benzene rings is 2. The van der Waals surface area contributed by atoms with Gasteiger partial charge in [-0.25, -0.2) is 4.98 Å². The SMILES string of the molecule is CNCc1ncc(-c2ccc3ccccc3c2)[nH]1. The third-order valence-electron chi connectivity index (χ3n) is 3.03. The van der Waals surface area contributed by atoms with Crippen LogP contribution in [0.3, 0.4) is 0 Å². The summed E-state index contributed by atoms with van der Waals surface area (Å²) in [4.78, 5) is 7.67. The Morgan fingerprint density at radius 1 is 1.11 bits per heavy atom. The minimum Gasteiger partial charge on any atom is -0.341 e. The van der Waals surface area contributed by atoms with Gasteiger partial charge in [0.15, 0.2) is 0 Å². The molecule has 0 amide bonds. The van der Waals surface area contributed by atoms with E-state index >= 15 is 0 Å². The van der Waals surface area contributed by atoms with Crippen molar-refractivity contribution in [1.82, 2.24) is 15.3 Å². The van der Waals surface area contributed by atoms with E-state index in [0.29, 0.717) is 0 Å². The average molecular weight is 237 g/mol. The monoisotopic (exact) mass is 237 g/mol. The first-order chi connectivity index (χ1) is 8.86. The molecule has 0 atom stereocenters. The molecule has 0 saturated carbocycles. The molecule has 2 aromatic carbocycles. The molecule has 0 spiro atoms. The van der Waals surface area contributed by atoms with Gasteiger partial charge in [-0.1, -0.05) is 36.4 Å². The lowest BCUT2D eigenvalue weighted by Gasteiger charge is -2.01. The van der Waals surface area contributed by atoms with Gasteiger partial charge in [-0.3, -0.25) is 0 Å². The fourth-order valence-electron chi connectivity index (χ4n) is 2.12. The number of hydrogen-bond donors (Lipinski definition) is 2. The van der Waals surface area contributed by atoms with Crippen molar-refractivity contribution in [2.24, 2.45) is 0 Å². The van der Waals surface area contributed by atoms with E-state index in [1.807, 2.05) is 13.2 Å². The summed E-state index contributed by atoms with van der Waals surface area (Å²) < 4.78 is 0. The number of fused-ring (bicyclic) bond motifs is 1. The van der Waals surface area contributed by atoms with E-state index < -0.39 is 0 Å². The third kappa shape index (κ3) is 2.00. The van der Waals surface area contributed by atoms with Crippen molar-refractivity contribution >= 4 is 10.8 Å². The van der Waals surface area contributed by atoms with Crippen LogP contribution in [0, 0.1) is 0 Å². The van der Waals surface area contributed by atoms with E-state index in [-0.39, 0.29) is 0 Å². The number of aromatic amines is 1. The molecule has 1 heterocycles. The first-order valence-electron chi connectivity index (χ1n) is 6.04. The minimum atomic E-state index is 0.758. The molecule has 0 radical (unpaired) electrons. The lowest BCUT2D eigenvalue weighted by Crippen LogP contribution is -2.06. The normalized spacial score (nSPS) is 10.9. The van der Waals surface area contributed by atoms with E-state index in [9.17, 15) is 0 Å². The van der Waals surface area contributed by atoms with Crippen LogP contribution in [0.15, 0.2) is 48.7 Å². The van der Waals surface area contributed by atoms with E-state index in [1.54, 1.807) is 0 Å². The van der Waals surface area contributed by atoms with Crippen molar-refractivity contribution in [3.63, 3.8) is 0 Å². The quantitative estimate of drug-likeness (QED) is 0.735. The summed E-state index contributed by atoms with van der Waals surface area (Å²) in [5, 5.41) is 5.59. The highest BCUT2D eigenvalue weighted by molar-refractivity contribution is 5.86. The highest BCUT2D eigenvalue weighted by atomic mass is 15.0. The van der Waals surface area contributed by atoms with Gasteiger partial charge >= 0.3 is 0 Å². The van der Waals surface area contributed by atoms with Crippen LogP contribution in [0.5, 0.6) is 0 Å². The highest BCUT2D eigenvalue weighted by Gasteiger charge is 2.03. The Morgan fingerprint density at radius 3 is 2.78 bits per heavy atom. The van der Waals surface area contributed by atoms with E-state index in [1.165, 1.54) is 16.3 Å². The molecule has 2 N–H and O–H groups in total. The van der Waals surface area contributed by atoms with Crippen molar-refractivity contribution in [1.29, 1.82) is 0 Å². The topological polar surface area (TPSA) is 40.7 Å². The van der Waals surface area contributed by atoms with Crippen LogP contribution in [0.4, 0.5) is 0 Å². The second-order valence-electron chi connectivity index (χ2n) is 4.34. The average Bonchev–Trinajstić information content (AvgIpc) is 2.87. The number of aromatic nitrogens is 2. The van der Waals surface area contributed by atoms with Crippen LogP contribution in [-0.4, -0.2) is 17.0 Å². The number of imidazole rings is 1. The summed E-state index contributed by atoms with van der Waals surface area (Å²) in [6.07, 6.45) is 1.89. The fraction of sp³-hybridized carbons (Fsp3) is 0.133. The predicted octanol–water partition coefficient (Wildman–Crippen LogP) is 2.95. The molecule has 0 aliphatic carbocycles. The second-order valence-corrected chi connectivity index (χ2v) is 4.34. The number of nitrogens with one attached hydrogen (secondary N) is 2. The summed E-state index contributed by atoms with van der Waals surface area (Å²) in [6, 6.07) is 14.8. The van der Waals surface area contributed by atoms with Crippen LogP contribution in [0.1, 0.15) is 5.82 Å². The predicted molar refractivity (Wildman–Crippen MR) is 74.3 cm³/mol. The van der Waals surface area contributed by atoms with Gasteiger partial charge in [0, 0.05) is 5.56 Å². The maximum atomic E-state index is 4.34. The van der Waals surface area contributed by atoms with Gasteiger partial charge < -0.3 is 10.3 Å². The molecule has 0 unspecified atom stereocenters. The van der Waals surface area contributed by atoms with Gasteiger partial charge in [0.25, 0.3) is 0 Å². The zero-order chi connectivity index (χ0) is 12.4. The lowest BCUT2D eigenvalue weighted by atomic mass is 10.1. The lowest BCUT2D eigenvalue weighted by molar-refractivity contribution is 0.772. The standard InChI is InChI=1S/C15H15N3/c1-16-10-15-17-9-14(18-15)13-7-6-11-4-2-3-5-12(11)8-13/h2-9,16H,10H2,1H3,(H,17,18). The second kappa shape index (κ2) is 4.63. The molecule has 1 aromatic heterocycles. The molecule has 3 rings (SSSR count). The van der Waals surface area contributed by atoms with Crippen LogP contribution >= 0.6 is 0 Å². The van der Waals surface area contributed by atoms with Gasteiger partial charge in [0.05, 0.1) is 18.4 Å². The van der Waals surface area contributed by atoms with Gasteiger partial charge in [-0.2, -0.15) is 0 Å². The van der Waals surface area contributed by atoms with E-state index in [4.69, 9.17) is 0 Å². The van der Waals surface area contributed by atoms with Gasteiger partial charge in [0.1, 0.15) is 5.82 Å². The Kier molecular flexibility index (Phi) is 2.82. The smallest absolute Gasteiger partial charge is 0.120 e. The highest BCUT2D eigenvalue weighted by Crippen LogP contribution is 2.22. The summed E-state index contributed by atoms with van der Waals surface area (Å²) in [5.74, 6) is 0.959. The first-order valence-corrected chi connectivity index (χ1v) is 6.04. The van der Waals surface area contributed by atoms with Crippen LogP contribution in [0.2, 0.25) is 0 Å². The molecule has 90 valence electrons.